The second-order valence-corrected chi connectivity index (χ2v) is 10.0. The van der Waals surface area contributed by atoms with Crippen LogP contribution in [0.1, 0.15) is 30.0 Å². The summed E-state index contributed by atoms with van der Waals surface area (Å²) in [5.74, 6) is -0.927. The van der Waals surface area contributed by atoms with Crippen molar-refractivity contribution in [3.63, 3.8) is 0 Å². The molecule has 0 amide bonds. The monoisotopic (exact) mass is 474 g/mol. The Morgan fingerprint density at radius 2 is 1.94 bits per heavy atom. The van der Waals surface area contributed by atoms with E-state index in [1.54, 1.807) is 4.90 Å². The van der Waals surface area contributed by atoms with Crippen molar-refractivity contribution in [1.82, 2.24) is 9.97 Å². The van der Waals surface area contributed by atoms with E-state index >= 15 is 4.39 Å². The molecular weight excluding hydrogens is 452 g/mol. The Morgan fingerprint density at radius 3 is 2.62 bits per heavy atom. The van der Waals surface area contributed by atoms with Gasteiger partial charge < -0.3 is 15.0 Å². The lowest BCUT2D eigenvalue weighted by atomic mass is 10.0. The molecule has 2 aliphatic rings. The average molecular weight is 474 g/mol. The van der Waals surface area contributed by atoms with Crippen LogP contribution in [0, 0.1) is 5.82 Å². The van der Waals surface area contributed by atoms with Crippen molar-refractivity contribution in [1.29, 1.82) is 0 Å². The fourth-order valence-electron chi connectivity index (χ4n) is 4.03. The molecule has 1 aromatic carbocycles. The standard InChI is InChI=1S/C20H22F4N4O3S/c21-17-18(25-10-15-11-32(29,30)9-8-31-15)26-12-27-19(17)28-7-1-2-16(28)13-3-5-14(6-4-13)20(22,23)24/h3-6,12,15-16H,1-2,7-11H2,(H,25,26,27). The highest BCUT2D eigenvalue weighted by molar-refractivity contribution is 7.91. The van der Waals surface area contributed by atoms with Crippen molar-refractivity contribution in [3.05, 3.63) is 47.5 Å². The van der Waals surface area contributed by atoms with E-state index in [1.165, 1.54) is 18.5 Å². The lowest BCUT2D eigenvalue weighted by Gasteiger charge is -2.27. The Morgan fingerprint density at radius 1 is 1.19 bits per heavy atom. The molecule has 0 radical (unpaired) electrons. The molecule has 12 heteroatoms. The lowest BCUT2D eigenvalue weighted by Crippen LogP contribution is -2.38. The van der Waals surface area contributed by atoms with Gasteiger partial charge in [-0.1, -0.05) is 12.1 Å². The molecule has 2 atom stereocenters. The quantitative estimate of drug-likeness (QED) is 0.667. The molecule has 32 heavy (non-hydrogen) atoms. The summed E-state index contributed by atoms with van der Waals surface area (Å²) in [7, 11) is -3.19. The summed E-state index contributed by atoms with van der Waals surface area (Å²) >= 11 is 0. The molecule has 3 heterocycles. The van der Waals surface area contributed by atoms with Gasteiger partial charge in [0.15, 0.2) is 21.5 Å². The Labute approximate surface area is 182 Å². The molecule has 2 aromatic rings. The van der Waals surface area contributed by atoms with Gasteiger partial charge in [0.25, 0.3) is 0 Å². The van der Waals surface area contributed by atoms with E-state index in [0.717, 1.165) is 18.6 Å². The van der Waals surface area contributed by atoms with Gasteiger partial charge in [-0.3, -0.25) is 0 Å². The number of halogens is 4. The maximum Gasteiger partial charge on any atom is 0.416 e. The molecule has 1 N–H and O–H groups in total. The first-order valence-electron chi connectivity index (χ1n) is 10.1. The summed E-state index contributed by atoms with van der Waals surface area (Å²) < 4.78 is 82.7. The van der Waals surface area contributed by atoms with E-state index in [9.17, 15) is 21.6 Å². The molecule has 0 saturated carbocycles. The predicted molar refractivity (Wildman–Crippen MR) is 110 cm³/mol. The maximum absolute atomic E-state index is 15.2. The Kier molecular flexibility index (Phi) is 6.26. The summed E-state index contributed by atoms with van der Waals surface area (Å²) in [6.07, 6.45) is -2.47. The number of benzene rings is 1. The molecule has 1 aromatic heterocycles. The van der Waals surface area contributed by atoms with Crippen molar-refractivity contribution in [2.24, 2.45) is 0 Å². The van der Waals surface area contributed by atoms with E-state index in [2.05, 4.69) is 15.3 Å². The van der Waals surface area contributed by atoms with Crippen LogP contribution in [0.3, 0.4) is 0 Å². The number of anilines is 2. The maximum atomic E-state index is 15.2. The summed E-state index contributed by atoms with van der Waals surface area (Å²) in [6, 6.07) is 4.54. The summed E-state index contributed by atoms with van der Waals surface area (Å²) in [6.45, 7) is 0.646. The third-order valence-corrected chi connectivity index (χ3v) is 7.27. The van der Waals surface area contributed by atoms with Gasteiger partial charge in [-0.2, -0.15) is 17.6 Å². The van der Waals surface area contributed by atoms with Gasteiger partial charge in [0.2, 0.25) is 5.82 Å². The molecule has 7 nitrogen and oxygen atoms in total. The van der Waals surface area contributed by atoms with Gasteiger partial charge in [-0.25, -0.2) is 18.4 Å². The highest BCUT2D eigenvalue weighted by atomic mass is 32.2. The topological polar surface area (TPSA) is 84.4 Å². The molecule has 4 rings (SSSR count). The van der Waals surface area contributed by atoms with Gasteiger partial charge in [0, 0.05) is 13.1 Å². The van der Waals surface area contributed by atoms with Crippen molar-refractivity contribution in [3.8, 4) is 0 Å². The fourth-order valence-corrected chi connectivity index (χ4v) is 5.33. The number of alkyl halides is 3. The number of nitrogens with one attached hydrogen (secondary N) is 1. The largest absolute Gasteiger partial charge is 0.416 e. The van der Waals surface area contributed by atoms with Crippen LogP contribution in [-0.4, -0.2) is 55.7 Å². The molecule has 2 unspecified atom stereocenters. The summed E-state index contributed by atoms with van der Waals surface area (Å²) in [5, 5.41) is 2.80. The first kappa shape index (κ1) is 22.7. The van der Waals surface area contributed by atoms with E-state index in [0.29, 0.717) is 18.5 Å². The second kappa shape index (κ2) is 8.81. The molecule has 0 spiro atoms. The zero-order chi connectivity index (χ0) is 22.9. The van der Waals surface area contributed by atoms with Crippen LogP contribution in [-0.2, 0) is 20.8 Å². The van der Waals surface area contributed by atoms with Crippen molar-refractivity contribution < 1.29 is 30.7 Å². The zero-order valence-electron chi connectivity index (χ0n) is 17.0. The van der Waals surface area contributed by atoms with E-state index in [4.69, 9.17) is 4.74 Å². The Hall–Kier alpha value is -2.47. The third-order valence-electron chi connectivity index (χ3n) is 5.60. The van der Waals surface area contributed by atoms with E-state index < -0.39 is 33.5 Å². The predicted octanol–water partition coefficient (Wildman–Crippen LogP) is 3.20. The van der Waals surface area contributed by atoms with Crippen LogP contribution < -0.4 is 10.2 Å². The molecule has 174 valence electrons. The van der Waals surface area contributed by atoms with Crippen molar-refractivity contribution in [2.75, 3.05) is 41.4 Å². The Balaban J connectivity index is 1.50. The number of ether oxygens (including phenoxy) is 1. The minimum absolute atomic E-state index is 0.0319. The average Bonchev–Trinajstić information content (AvgIpc) is 3.21. The van der Waals surface area contributed by atoms with Crippen LogP contribution in [0.5, 0.6) is 0 Å². The first-order chi connectivity index (χ1) is 15.1. The second-order valence-electron chi connectivity index (χ2n) is 7.82. The number of sulfone groups is 1. The zero-order valence-corrected chi connectivity index (χ0v) is 17.8. The first-order valence-corrected chi connectivity index (χ1v) is 12.0. The number of aromatic nitrogens is 2. The van der Waals surface area contributed by atoms with Crippen molar-refractivity contribution in [2.45, 2.75) is 31.2 Å². The van der Waals surface area contributed by atoms with E-state index in [-0.39, 0.29) is 42.3 Å². The molecule has 2 aliphatic heterocycles. The smallest absolute Gasteiger partial charge is 0.374 e. The Bertz CT molecular complexity index is 1060. The van der Waals surface area contributed by atoms with Crippen LogP contribution in [0.15, 0.2) is 30.6 Å². The van der Waals surface area contributed by atoms with Crippen LogP contribution in [0.4, 0.5) is 29.2 Å². The number of rotatable bonds is 5. The van der Waals surface area contributed by atoms with Gasteiger partial charge in [0.05, 0.1) is 35.8 Å². The SMILES string of the molecule is O=S1(=O)CCOC(CNc2ncnc(N3CCCC3c3ccc(C(F)(F)F)cc3)c2F)C1. The highest BCUT2D eigenvalue weighted by Crippen LogP contribution is 2.38. The normalized spacial score (nSPS) is 23.3. The number of hydrogen-bond donors (Lipinski definition) is 1. The fraction of sp³-hybridized carbons (Fsp3) is 0.500. The van der Waals surface area contributed by atoms with Gasteiger partial charge in [0.1, 0.15) is 6.33 Å². The third kappa shape index (κ3) is 4.96. The molecule has 0 aliphatic carbocycles. The highest BCUT2D eigenvalue weighted by Gasteiger charge is 2.33. The van der Waals surface area contributed by atoms with E-state index in [1.807, 2.05) is 0 Å². The minimum Gasteiger partial charge on any atom is -0.374 e. The van der Waals surface area contributed by atoms with Crippen LogP contribution >= 0.6 is 0 Å². The molecule has 2 saturated heterocycles. The van der Waals surface area contributed by atoms with Crippen molar-refractivity contribution >= 4 is 21.5 Å². The number of nitrogens with zero attached hydrogens (tertiary/aromatic N) is 3. The van der Waals surface area contributed by atoms with Gasteiger partial charge in [-0.15, -0.1) is 0 Å². The summed E-state index contributed by atoms with van der Waals surface area (Å²) in [4.78, 5) is 9.69. The minimum atomic E-state index is -4.42. The van der Waals surface area contributed by atoms with Crippen LogP contribution in [0.25, 0.3) is 0 Å². The molecular formula is C20H22F4N4O3S. The molecule has 0 bridgehead atoms. The lowest BCUT2D eigenvalue weighted by molar-refractivity contribution is -0.137. The number of hydrogen-bond acceptors (Lipinski definition) is 7. The van der Waals surface area contributed by atoms with Gasteiger partial charge in [-0.05, 0) is 30.5 Å². The molecule has 2 fully saturated rings. The van der Waals surface area contributed by atoms with Gasteiger partial charge >= 0.3 is 6.18 Å². The summed E-state index contributed by atoms with van der Waals surface area (Å²) in [5.41, 5.74) is -0.0960. The van der Waals surface area contributed by atoms with Crippen LogP contribution in [0.2, 0.25) is 0 Å².